The topological polar surface area (TPSA) is 101 Å². The molecule has 5 atom stereocenters. The van der Waals surface area contributed by atoms with E-state index in [4.69, 9.17) is 11.5 Å². The van der Waals surface area contributed by atoms with Gasteiger partial charge >= 0.3 is 0 Å². The molecule has 1 aromatic carbocycles. The molecule has 1 aromatic rings. The van der Waals surface area contributed by atoms with Crippen LogP contribution in [-0.2, 0) is 16.1 Å². The summed E-state index contributed by atoms with van der Waals surface area (Å²) in [5, 5.41) is 3.06. The number of carbonyl (C=O) groups excluding carboxylic acids is 2. The van der Waals surface area contributed by atoms with E-state index in [2.05, 4.69) is 10.2 Å². The molecule has 2 bridgehead atoms. The number of nitrogens with zero attached hydrogens (tertiary/aromatic N) is 1. The fourth-order valence-electron chi connectivity index (χ4n) is 5.33. The Morgan fingerprint density at radius 2 is 1.85 bits per heavy atom. The molecule has 2 saturated carbocycles. The lowest BCUT2D eigenvalue weighted by molar-refractivity contribution is -0.123. The highest BCUT2D eigenvalue weighted by Crippen LogP contribution is 2.47. The van der Waals surface area contributed by atoms with Crippen molar-refractivity contribution in [3.63, 3.8) is 0 Å². The molecule has 3 aliphatic rings. The van der Waals surface area contributed by atoms with Crippen LogP contribution in [0.4, 0.5) is 5.69 Å². The second-order valence-electron chi connectivity index (χ2n) is 8.60. The van der Waals surface area contributed by atoms with E-state index in [0.29, 0.717) is 11.8 Å². The van der Waals surface area contributed by atoms with E-state index in [1.165, 1.54) is 12.0 Å². The van der Waals surface area contributed by atoms with Crippen LogP contribution in [-0.4, -0.2) is 35.8 Å². The molecular formula is C21H30N4O2. The Morgan fingerprint density at radius 1 is 1.11 bits per heavy atom. The number of likely N-dealkylation sites (tertiary alicyclic amines) is 1. The fraction of sp³-hybridized carbons (Fsp3) is 0.619. The Kier molecular flexibility index (Phi) is 5.19. The Hall–Kier alpha value is -1.92. The van der Waals surface area contributed by atoms with Gasteiger partial charge in [0, 0.05) is 24.8 Å². The van der Waals surface area contributed by atoms with E-state index in [1.54, 1.807) is 0 Å². The summed E-state index contributed by atoms with van der Waals surface area (Å²) >= 11 is 0. The molecule has 3 fully saturated rings. The molecule has 1 heterocycles. The number of primary amides is 1. The summed E-state index contributed by atoms with van der Waals surface area (Å²) in [4.78, 5) is 26.4. The minimum atomic E-state index is -0.198. The molecule has 146 valence electrons. The first kappa shape index (κ1) is 18.4. The van der Waals surface area contributed by atoms with Gasteiger partial charge in [-0.15, -0.1) is 0 Å². The molecule has 1 saturated heterocycles. The number of nitrogens with one attached hydrogen (secondary N) is 1. The maximum atomic E-state index is 12.7. The van der Waals surface area contributed by atoms with Crippen molar-refractivity contribution >= 4 is 17.5 Å². The van der Waals surface area contributed by atoms with E-state index < -0.39 is 0 Å². The normalized spacial score (nSPS) is 33.1. The summed E-state index contributed by atoms with van der Waals surface area (Å²) in [6, 6.07) is 8.03. The smallest absolute Gasteiger partial charge is 0.229 e. The number of hydrogen-bond acceptors (Lipinski definition) is 4. The van der Waals surface area contributed by atoms with Gasteiger partial charge in [0.1, 0.15) is 0 Å². The molecule has 2 aliphatic carbocycles. The van der Waals surface area contributed by atoms with E-state index in [1.807, 2.05) is 24.3 Å². The quantitative estimate of drug-likeness (QED) is 0.734. The third-order valence-electron chi connectivity index (χ3n) is 6.82. The van der Waals surface area contributed by atoms with Crippen molar-refractivity contribution in [1.82, 2.24) is 4.90 Å². The van der Waals surface area contributed by atoms with Crippen LogP contribution < -0.4 is 16.8 Å². The van der Waals surface area contributed by atoms with E-state index >= 15 is 0 Å². The van der Waals surface area contributed by atoms with Crippen molar-refractivity contribution in [3.8, 4) is 0 Å². The SMILES string of the molecule is NC(=O)C1CCCN(Cc2ccc(NC(=O)C3C4CCC(C4)C3N)cc2)C1. The lowest BCUT2D eigenvalue weighted by Crippen LogP contribution is -2.42. The van der Waals surface area contributed by atoms with Gasteiger partial charge in [-0.3, -0.25) is 14.5 Å². The summed E-state index contributed by atoms with van der Waals surface area (Å²) in [5.74, 6) is 0.786. The molecule has 0 spiro atoms. The van der Waals surface area contributed by atoms with Crippen LogP contribution in [0.25, 0.3) is 0 Å². The van der Waals surface area contributed by atoms with Crippen molar-refractivity contribution in [3.05, 3.63) is 29.8 Å². The molecule has 6 nitrogen and oxygen atoms in total. The Bertz CT molecular complexity index is 703. The summed E-state index contributed by atoms with van der Waals surface area (Å²) in [6.07, 6.45) is 5.32. The lowest BCUT2D eigenvalue weighted by Gasteiger charge is -2.31. The number of benzene rings is 1. The molecule has 2 amide bonds. The number of amides is 2. The Morgan fingerprint density at radius 3 is 2.52 bits per heavy atom. The van der Waals surface area contributed by atoms with Gasteiger partial charge in [-0.25, -0.2) is 0 Å². The number of nitrogens with two attached hydrogens (primary N) is 2. The zero-order valence-corrected chi connectivity index (χ0v) is 15.8. The van der Waals surface area contributed by atoms with Gasteiger partial charge in [-0.1, -0.05) is 12.1 Å². The third-order valence-corrected chi connectivity index (χ3v) is 6.82. The number of piperidine rings is 1. The van der Waals surface area contributed by atoms with Gasteiger partial charge in [0.15, 0.2) is 0 Å². The average molecular weight is 370 g/mol. The Labute approximate surface area is 160 Å². The standard InChI is InChI=1S/C21H30N4O2/c22-19-15-6-5-14(10-15)18(19)21(27)24-17-7-3-13(4-8-17)11-25-9-1-2-16(12-25)20(23)26/h3-4,7-8,14-16,18-19H,1-2,5-6,9-12,22H2,(H2,23,26)(H,24,27). The van der Waals surface area contributed by atoms with Crippen LogP contribution in [0, 0.1) is 23.7 Å². The van der Waals surface area contributed by atoms with Gasteiger partial charge in [0.2, 0.25) is 11.8 Å². The maximum Gasteiger partial charge on any atom is 0.229 e. The van der Waals surface area contributed by atoms with E-state index in [-0.39, 0.29) is 29.7 Å². The fourth-order valence-corrected chi connectivity index (χ4v) is 5.33. The molecule has 5 unspecified atom stereocenters. The lowest BCUT2D eigenvalue weighted by atomic mass is 9.84. The van der Waals surface area contributed by atoms with Crippen LogP contribution in [0.2, 0.25) is 0 Å². The second-order valence-corrected chi connectivity index (χ2v) is 8.60. The van der Waals surface area contributed by atoms with Crippen molar-refractivity contribution in [2.45, 2.75) is 44.7 Å². The molecule has 1 aliphatic heterocycles. The van der Waals surface area contributed by atoms with Crippen LogP contribution in [0.15, 0.2) is 24.3 Å². The van der Waals surface area contributed by atoms with Gasteiger partial charge < -0.3 is 16.8 Å². The zero-order chi connectivity index (χ0) is 19.0. The monoisotopic (exact) mass is 370 g/mol. The van der Waals surface area contributed by atoms with Crippen molar-refractivity contribution in [2.24, 2.45) is 35.1 Å². The van der Waals surface area contributed by atoms with E-state index in [9.17, 15) is 9.59 Å². The molecule has 27 heavy (non-hydrogen) atoms. The van der Waals surface area contributed by atoms with Crippen LogP contribution >= 0.6 is 0 Å². The third kappa shape index (κ3) is 3.87. The molecule has 0 radical (unpaired) electrons. The maximum absolute atomic E-state index is 12.7. The predicted molar refractivity (Wildman–Crippen MR) is 105 cm³/mol. The largest absolute Gasteiger partial charge is 0.369 e. The molecule has 5 N–H and O–H groups in total. The molecule has 6 heteroatoms. The number of anilines is 1. The summed E-state index contributed by atoms with van der Waals surface area (Å²) in [6.45, 7) is 2.52. The highest BCUT2D eigenvalue weighted by atomic mass is 16.2. The molecule has 4 rings (SSSR count). The van der Waals surface area contributed by atoms with Crippen LogP contribution in [0.5, 0.6) is 0 Å². The second kappa shape index (κ2) is 7.60. The van der Waals surface area contributed by atoms with Gasteiger partial charge in [0.25, 0.3) is 0 Å². The Balaban J connectivity index is 1.32. The first-order valence-corrected chi connectivity index (χ1v) is 10.2. The van der Waals surface area contributed by atoms with Gasteiger partial charge in [-0.2, -0.15) is 0 Å². The highest BCUT2D eigenvalue weighted by molar-refractivity contribution is 5.93. The van der Waals surface area contributed by atoms with Crippen molar-refractivity contribution < 1.29 is 9.59 Å². The number of carbonyl (C=O) groups is 2. The minimum absolute atomic E-state index is 0.0142. The first-order valence-electron chi connectivity index (χ1n) is 10.2. The summed E-state index contributed by atoms with van der Waals surface area (Å²) in [5.41, 5.74) is 13.7. The first-order chi connectivity index (χ1) is 13.0. The minimum Gasteiger partial charge on any atom is -0.369 e. The summed E-state index contributed by atoms with van der Waals surface area (Å²) in [7, 11) is 0. The average Bonchev–Trinajstić information content (AvgIpc) is 3.24. The van der Waals surface area contributed by atoms with E-state index in [0.717, 1.165) is 51.0 Å². The van der Waals surface area contributed by atoms with Gasteiger partial charge in [0.05, 0.1) is 11.8 Å². The predicted octanol–water partition coefficient (Wildman–Crippen LogP) is 1.70. The van der Waals surface area contributed by atoms with Gasteiger partial charge in [-0.05, 0) is 68.2 Å². The van der Waals surface area contributed by atoms with Crippen molar-refractivity contribution in [2.75, 3.05) is 18.4 Å². The van der Waals surface area contributed by atoms with Crippen LogP contribution in [0.1, 0.15) is 37.7 Å². The molecular weight excluding hydrogens is 340 g/mol. The molecule has 0 aromatic heterocycles. The zero-order valence-electron chi connectivity index (χ0n) is 15.8. The van der Waals surface area contributed by atoms with Crippen molar-refractivity contribution in [1.29, 1.82) is 0 Å². The number of rotatable bonds is 5. The summed E-state index contributed by atoms with van der Waals surface area (Å²) < 4.78 is 0. The highest BCUT2D eigenvalue weighted by Gasteiger charge is 2.49. The number of hydrogen-bond donors (Lipinski definition) is 3. The van der Waals surface area contributed by atoms with Crippen LogP contribution in [0.3, 0.4) is 0 Å². The number of fused-ring (bicyclic) bond motifs is 2.